The zero-order valence-corrected chi connectivity index (χ0v) is 12.2. The van der Waals surface area contributed by atoms with Gasteiger partial charge in [-0.05, 0) is 18.2 Å². The summed E-state index contributed by atoms with van der Waals surface area (Å²) < 4.78 is 11.9. The Balaban J connectivity index is 1.78. The van der Waals surface area contributed by atoms with E-state index in [1.54, 1.807) is 0 Å². The fourth-order valence-corrected chi connectivity index (χ4v) is 3.17. The van der Waals surface area contributed by atoms with E-state index in [2.05, 4.69) is 18.2 Å². The number of fused-ring (bicyclic) bond motifs is 3. The summed E-state index contributed by atoms with van der Waals surface area (Å²) in [4.78, 5) is 0. The maximum Gasteiger partial charge on any atom is 0.139 e. The highest BCUT2D eigenvalue weighted by Gasteiger charge is 2.11. The molecule has 0 aliphatic heterocycles. The molecule has 0 fully saturated rings. The minimum Gasteiger partial charge on any atom is -0.472 e. The van der Waals surface area contributed by atoms with Gasteiger partial charge >= 0.3 is 0 Å². The highest BCUT2D eigenvalue weighted by molar-refractivity contribution is 7.42. The molecule has 1 atom stereocenters. The van der Waals surface area contributed by atoms with Gasteiger partial charge in [-0.25, -0.2) is 0 Å². The topological polar surface area (TPSA) is 22.4 Å². The summed E-state index contributed by atoms with van der Waals surface area (Å²) in [5.74, 6) is 0.875. The lowest BCUT2D eigenvalue weighted by Crippen LogP contribution is -1.94. The highest BCUT2D eigenvalue weighted by atomic mass is 31.1. The minimum atomic E-state index is 0.287. The largest absolute Gasteiger partial charge is 0.472 e. The van der Waals surface area contributed by atoms with Crippen LogP contribution in [0.2, 0.25) is 0 Å². The molecule has 0 aliphatic rings. The zero-order chi connectivity index (χ0) is 14.1. The van der Waals surface area contributed by atoms with Crippen LogP contribution in [-0.4, -0.2) is 0 Å². The standard InChI is InChI=1S/C18H13O2P/c1-2-7-13(8-3-1)21-20-17-12-6-11-16-18(17)14-9-4-5-10-15(14)19-16/h1-12,21H. The second-order valence-electron chi connectivity index (χ2n) is 4.80. The molecular formula is C18H13O2P. The average Bonchev–Trinajstić information content (AvgIpc) is 2.93. The molecule has 21 heavy (non-hydrogen) atoms. The molecule has 0 N–H and O–H groups in total. The zero-order valence-electron chi connectivity index (χ0n) is 11.2. The van der Waals surface area contributed by atoms with Gasteiger partial charge in [0.25, 0.3) is 0 Å². The summed E-state index contributed by atoms with van der Waals surface area (Å²) in [5.41, 5.74) is 1.76. The second-order valence-corrected chi connectivity index (χ2v) is 5.78. The number of rotatable bonds is 3. The van der Waals surface area contributed by atoms with Crippen molar-refractivity contribution in [3.05, 3.63) is 72.8 Å². The number of hydrogen-bond acceptors (Lipinski definition) is 2. The molecule has 2 nitrogen and oxygen atoms in total. The van der Waals surface area contributed by atoms with Gasteiger partial charge in [0.05, 0.1) is 5.39 Å². The first-order valence-electron chi connectivity index (χ1n) is 6.80. The third-order valence-electron chi connectivity index (χ3n) is 3.42. The maximum atomic E-state index is 6.04. The smallest absolute Gasteiger partial charge is 0.139 e. The van der Waals surface area contributed by atoms with Crippen molar-refractivity contribution < 1.29 is 8.94 Å². The molecule has 0 saturated carbocycles. The van der Waals surface area contributed by atoms with Crippen molar-refractivity contribution in [2.75, 3.05) is 0 Å². The summed E-state index contributed by atoms with van der Waals surface area (Å²) in [6.45, 7) is 0. The predicted molar refractivity (Wildman–Crippen MR) is 88.7 cm³/mol. The van der Waals surface area contributed by atoms with E-state index in [4.69, 9.17) is 8.94 Å². The van der Waals surface area contributed by atoms with Gasteiger partial charge in [-0.15, -0.1) is 0 Å². The molecule has 0 saturated heterocycles. The van der Waals surface area contributed by atoms with Gasteiger partial charge in [0.15, 0.2) is 0 Å². The molecule has 4 rings (SSSR count). The van der Waals surface area contributed by atoms with Gasteiger partial charge in [0.2, 0.25) is 0 Å². The summed E-state index contributed by atoms with van der Waals surface area (Å²) >= 11 is 0. The number of hydrogen-bond donors (Lipinski definition) is 0. The van der Waals surface area contributed by atoms with E-state index in [0.29, 0.717) is 0 Å². The molecule has 0 amide bonds. The molecule has 1 heterocycles. The molecule has 0 radical (unpaired) electrons. The van der Waals surface area contributed by atoms with E-state index < -0.39 is 0 Å². The molecule has 4 aromatic rings. The van der Waals surface area contributed by atoms with Crippen LogP contribution in [0.5, 0.6) is 5.75 Å². The molecule has 1 unspecified atom stereocenters. The first kappa shape index (κ1) is 12.4. The molecule has 0 aliphatic carbocycles. The Bertz CT molecular complexity index is 897. The Hall–Kier alpha value is -2.31. The van der Waals surface area contributed by atoms with E-state index in [0.717, 1.165) is 27.7 Å². The fourth-order valence-electron chi connectivity index (χ4n) is 2.45. The monoisotopic (exact) mass is 292 g/mol. The Morgan fingerprint density at radius 1 is 0.714 bits per heavy atom. The molecule has 102 valence electrons. The third kappa shape index (κ3) is 2.28. The number of furan rings is 1. The Kier molecular flexibility index (Phi) is 3.10. The Morgan fingerprint density at radius 3 is 2.38 bits per heavy atom. The molecule has 3 heteroatoms. The van der Waals surface area contributed by atoms with Gasteiger partial charge < -0.3 is 8.94 Å². The van der Waals surface area contributed by atoms with Gasteiger partial charge in [0.1, 0.15) is 25.7 Å². The van der Waals surface area contributed by atoms with Crippen LogP contribution in [0.25, 0.3) is 21.9 Å². The minimum absolute atomic E-state index is 0.287. The van der Waals surface area contributed by atoms with Crippen molar-refractivity contribution in [2.45, 2.75) is 0 Å². The van der Waals surface area contributed by atoms with Crippen molar-refractivity contribution in [2.24, 2.45) is 0 Å². The Morgan fingerprint density at radius 2 is 1.48 bits per heavy atom. The lowest BCUT2D eigenvalue weighted by atomic mass is 10.1. The third-order valence-corrected chi connectivity index (χ3v) is 4.31. The molecular weight excluding hydrogens is 279 g/mol. The molecule has 0 bridgehead atoms. The SMILES string of the molecule is c1ccc(POc2cccc3oc4ccccc4c23)cc1. The van der Waals surface area contributed by atoms with Crippen LogP contribution in [0.1, 0.15) is 0 Å². The second kappa shape index (κ2) is 5.23. The lowest BCUT2D eigenvalue weighted by Gasteiger charge is -2.06. The van der Waals surface area contributed by atoms with E-state index in [1.165, 1.54) is 5.30 Å². The number of para-hydroxylation sites is 1. The average molecular weight is 292 g/mol. The molecule has 3 aromatic carbocycles. The van der Waals surface area contributed by atoms with Crippen molar-refractivity contribution in [1.29, 1.82) is 0 Å². The lowest BCUT2D eigenvalue weighted by molar-refractivity contribution is 0.641. The van der Waals surface area contributed by atoms with E-state index in [9.17, 15) is 0 Å². The van der Waals surface area contributed by atoms with E-state index in [-0.39, 0.29) is 8.81 Å². The molecule has 0 spiro atoms. The van der Waals surface area contributed by atoms with Gasteiger partial charge in [-0.3, -0.25) is 0 Å². The van der Waals surface area contributed by atoms with Crippen LogP contribution >= 0.6 is 8.81 Å². The first-order chi connectivity index (χ1) is 10.4. The quantitative estimate of drug-likeness (QED) is 0.502. The van der Waals surface area contributed by atoms with Gasteiger partial charge in [-0.1, -0.05) is 54.6 Å². The van der Waals surface area contributed by atoms with Crippen LogP contribution in [-0.2, 0) is 0 Å². The van der Waals surface area contributed by atoms with Crippen LogP contribution in [0, 0.1) is 0 Å². The van der Waals surface area contributed by atoms with Gasteiger partial charge in [0, 0.05) is 10.7 Å². The summed E-state index contributed by atoms with van der Waals surface area (Å²) in [7, 11) is 0.287. The maximum absolute atomic E-state index is 6.04. The number of benzene rings is 3. The van der Waals surface area contributed by atoms with Crippen LogP contribution in [0.3, 0.4) is 0 Å². The van der Waals surface area contributed by atoms with Crippen LogP contribution in [0.4, 0.5) is 0 Å². The first-order valence-corrected chi connectivity index (χ1v) is 7.71. The van der Waals surface area contributed by atoms with Crippen LogP contribution in [0.15, 0.2) is 77.2 Å². The normalized spacial score (nSPS) is 11.6. The van der Waals surface area contributed by atoms with Crippen molar-refractivity contribution in [3.8, 4) is 5.75 Å². The van der Waals surface area contributed by atoms with E-state index in [1.807, 2.05) is 54.6 Å². The van der Waals surface area contributed by atoms with Crippen molar-refractivity contribution in [1.82, 2.24) is 0 Å². The van der Waals surface area contributed by atoms with E-state index >= 15 is 0 Å². The summed E-state index contributed by atoms with van der Waals surface area (Å²) in [5, 5.41) is 3.33. The highest BCUT2D eigenvalue weighted by Crippen LogP contribution is 2.37. The molecule has 1 aromatic heterocycles. The van der Waals surface area contributed by atoms with Crippen molar-refractivity contribution >= 4 is 36.1 Å². The van der Waals surface area contributed by atoms with Gasteiger partial charge in [-0.2, -0.15) is 0 Å². The van der Waals surface area contributed by atoms with Crippen LogP contribution < -0.4 is 9.83 Å². The Labute approximate surface area is 124 Å². The predicted octanol–water partition coefficient (Wildman–Crippen LogP) is 4.88. The van der Waals surface area contributed by atoms with Crippen molar-refractivity contribution in [3.63, 3.8) is 0 Å². The summed E-state index contributed by atoms with van der Waals surface area (Å²) in [6.07, 6.45) is 0. The fraction of sp³-hybridized carbons (Fsp3) is 0. The summed E-state index contributed by atoms with van der Waals surface area (Å²) in [6, 6.07) is 24.2.